The molecule has 0 radical (unpaired) electrons. The molecule has 1 aliphatic heterocycles. The Labute approximate surface area is 319 Å². The quantitative estimate of drug-likeness (QED) is 0.167. The summed E-state index contributed by atoms with van der Waals surface area (Å²) < 4.78 is 8.90. The van der Waals surface area contributed by atoms with Crippen LogP contribution in [0.25, 0.3) is 77.4 Å². The van der Waals surface area contributed by atoms with Crippen LogP contribution < -0.4 is 4.74 Å². The molecule has 1 aliphatic rings. The number of hydrogen-bond donors (Lipinski definition) is 0. The second-order valence-corrected chi connectivity index (χ2v) is 14.6. The van der Waals surface area contributed by atoms with E-state index in [1.807, 2.05) is 54.6 Å². The van der Waals surface area contributed by atoms with Crippen LogP contribution in [0.15, 0.2) is 170 Å². The van der Waals surface area contributed by atoms with Gasteiger partial charge >= 0.3 is 0 Å². The number of hydrogen-bond acceptors (Lipinski definition) is 3. The lowest BCUT2D eigenvalue weighted by Crippen LogP contribution is -2.24. The number of ether oxygens (including phenoxy) is 1. The Morgan fingerprint density at radius 3 is 1.71 bits per heavy atom. The van der Waals surface area contributed by atoms with E-state index in [-0.39, 0.29) is 5.41 Å². The molecule has 0 amide bonds. The van der Waals surface area contributed by atoms with Crippen LogP contribution >= 0.6 is 0 Å². The van der Waals surface area contributed by atoms with Gasteiger partial charge in [-0.05, 0) is 89.3 Å². The fourth-order valence-corrected chi connectivity index (χ4v) is 8.00. The van der Waals surface area contributed by atoms with Crippen molar-refractivity contribution in [3.8, 4) is 62.2 Å². The highest BCUT2D eigenvalue weighted by atomic mass is 16.5. The van der Waals surface area contributed by atoms with E-state index in [4.69, 9.17) is 21.3 Å². The van der Waals surface area contributed by atoms with Crippen molar-refractivity contribution in [1.29, 1.82) is 0 Å². The van der Waals surface area contributed by atoms with Gasteiger partial charge in [0, 0.05) is 44.3 Å². The lowest BCUT2D eigenvalue weighted by molar-refractivity contribution is 0.418. The molecule has 0 saturated heterocycles. The Balaban J connectivity index is 1.07. The molecule has 0 fully saturated rings. The van der Waals surface area contributed by atoms with Crippen LogP contribution in [0, 0.1) is 6.57 Å². The summed E-state index contributed by atoms with van der Waals surface area (Å²) in [4.78, 5) is 13.9. The Morgan fingerprint density at radius 2 is 1.04 bits per heavy atom. The maximum Gasteiger partial charge on any atom is 0.188 e. The maximum absolute atomic E-state index is 7.70. The van der Waals surface area contributed by atoms with E-state index < -0.39 is 0 Å². The summed E-state index contributed by atoms with van der Waals surface area (Å²) >= 11 is 0. The van der Waals surface area contributed by atoms with Crippen molar-refractivity contribution in [2.24, 2.45) is 0 Å². The summed E-state index contributed by atoms with van der Waals surface area (Å²) in [6.07, 6.45) is 0. The predicted octanol–water partition coefficient (Wildman–Crippen LogP) is 13.2. The summed E-state index contributed by atoms with van der Waals surface area (Å²) in [5, 5.41) is 2.17. The second-order valence-electron chi connectivity index (χ2n) is 14.6. The fourth-order valence-electron chi connectivity index (χ4n) is 8.00. The van der Waals surface area contributed by atoms with E-state index in [0.29, 0.717) is 11.5 Å². The van der Waals surface area contributed by atoms with Gasteiger partial charge in [0.25, 0.3) is 0 Å². The topological polar surface area (TPSA) is 44.3 Å². The van der Waals surface area contributed by atoms with E-state index in [1.165, 1.54) is 0 Å². The molecule has 0 atom stereocenters. The monoisotopic (exact) mass is 706 g/mol. The minimum atomic E-state index is -0.371. The second kappa shape index (κ2) is 12.7. The van der Waals surface area contributed by atoms with Gasteiger partial charge in [-0.15, -0.1) is 0 Å². The number of fused-ring (bicyclic) bond motifs is 5. The Kier molecular flexibility index (Phi) is 7.47. The number of nitrogens with zero attached hydrogens (tertiary/aromatic N) is 4. The molecular weight excluding hydrogens is 673 g/mol. The Bertz CT molecular complexity index is 2920. The summed E-state index contributed by atoms with van der Waals surface area (Å²) in [6.45, 7) is 12.2. The first kappa shape index (κ1) is 32.4. The van der Waals surface area contributed by atoms with E-state index in [0.717, 1.165) is 89.3 Å². The van der Waals surface area contributed by atoms with Crippen molar-refractivity contribution in [3.63, 3.8) is 0 Å². The minimum absolute atomic E-state index is 0.371. The SMILES string of the molecule is [C-]#[N+]c1ccc2c(c1)c1cc(-c3ccc4c(c3)C(C)(C)c3cc(-c5cc(-c6ccccc6)nc(-c6ccccc6)n5)ccc3O4)ccc1n2-c1ccccc1. The van der Waals surface area contributed by atoms with Crippen LogP contribution in [0.5, 0.6) is 11.5 Å². The first-order chi connectivity index (χ1) is 26.9. The van der Waals surface area contributed by atoms with Gasteiger partial charge in [0.05, 0.1) is 29.0 Å². The molecule has 0 spiro atoms. The molecule has 10 rings (SSSR count). The van der Waals surface area contributed by atoms with Crippen LogP contribution in [0.2, 0.25) is 0 Å². The molecule has 3 heterocycles. The summed E-state index contributed by atoms with van der Waals surface area (Å²) in [7, 11) is 0. The standard InChI is InChI=1S/C50H34N4O/c1-50(2)41-28-35(34-19-23-45-39(27-34)40-30-37(51-3)22-24-46(40)54(45)38-17-11-6-12-18-38)20-25-47(41)55-48-26-21-36(29-42(48)50)44-31-43(32-13-7-4-8-14-32)52-49(53-44)33-15-9-5-10-16-33/h4-31H,1-2H3. The van der Waals surface area contributed by atoms with Crippen molar-refractivity contribution in [3.05, 3.63) is 192 Å². The largest absolute Gasteiger partial charge is 0.457 e. The molecule has 0 N–H and O–H groups in total. The zero-order valence-electron chi connectivity index (χ0n) is 30.4. The summed E-state index contributed by atoms with van der Waals surface area (Å²) in [6, 6.07) is 58.5. The predicted molar refractivity (Wildman–Crippen MR) is 223 cm³/mol. The average Bonchev–Trinajstić information content (AvgIpc) is 3.57. The molecular formula is C50H34N4O. The molecule has 9 aromatic rings. The number of benzene rings is 7. The van der Waals surface area contributed by atoms with Crippen LogP contribution in [-0.2, 0) is 5.41 Å². The van der Waals surface area contributed by atoms with Crippen molar-refractivity contribution >= 4 is 27.5 Å². The van der Waals surface area contributed by atoms with Gasteiger partial charge in [-0.2, -0.15) is 0 Å². The lowest BCUT2D eigenvalue weighted by Gasteiger charge is -2.35. The maximum atomic E-state index is 7.70. The smallest absolute Gasteiger partial charge is 0.188 e. The van der Waals surface area contributed by atoms with Gasteiger partial charge < -0.3 is 9.30 Å². The van der Waals surface area contributed by atoms with Crippen LogP contribution in [0.3, 0.4) is 0 Å². The summed E-state index contributed by atoms with van der Waals surface area (Å²) in [5.74, 6) is 2.40. The van der Waals surface area contributed by atoms with Crippen molar-refractivity contribution in [2.75, 3.05) is 0 Å². The normalized spacial score (nSPS) is 12.8. The molecule has 260 valence electrons. The highest BCUT2D eigenvalue weighted by molar-refractivity contribution is 6.11. The van der Waals surface area contributed by atoms with Gasteiger partial charge in [0.2, 0.25) is 0 Å². The molecule has 0 unspecified atom stereocenters. The van der Waals surface area contributed by atoms with Crippen molar-refractivity contribution in [1.82, 2.24) is 14.5 Å². The first-order valence-corrected chi connectivity index (χ1v) is 18.4. The zero-order valence-corrected chi connectivity index (χ0v) is 30.4. The van der Waals surface area contributed by atoms with E-state index >= 15 is 0 Å². The van der Waals surface area contributed by atoms with Crippen molar-refractivity contribution in [2.45, 2.75) is 19.3 Å². The molecule has 5 nitrogen and oxygen atoms in total. The fraction of sp³-hybridized carbons (Fsp3) is 0.0600. The zero-order chi connectivity index (χ0) is 37.1. The average molecular weight is 707 g/mol. The molecule has 0 saturated carbocycles. The molecule has 0 bridgehead atoms. The van der Waals surface area contributed by atoms with E-state index in [9.17, 15) is 0 Å². The van der Waals surface area contributed by atoms with E-state index in [2.05, 4.69) is 139 Å². The summed E-state index contributed by atoms with van der Waals surface area (Å²) in [5.41, 5.74) is 12.7. The van der Waals surface area contributed by atoms with Gasteiger partial charge in [-0.25, -0.2) is 14.8 Å². The van der Waals surface area contributed by atoms with Crippen LogP contribution in [-0.4, -0.2) is 14.5 Å². The van der Waals surface area contributed by atoms with Gasteiger partial charge in [0.15, 0.2) is 11.5 Å². The van der Waals surface area contributed by atoms with Gasteiger partial charge in [0.1, 0.15) is 11.5 Å². The van der Waals surface area contributed by atoms with Crippen LogP contribution in [0.1, 0.15) is 25.0 Å². The first-order valence-electron chi connectivity index (χ1n) is 18.4. The third-order valence-electron chi connectivity index (χ3n) is 10.9. The number of para-hydroxylation sites is 1. The number of rotatable bonds is 5. The molecule has 55 heavy (non-hydrogen) atoms. The Morgan fingerprint density at radius 1 is 0.509 bits per heavy atom. The Hall–Kier alpha value is -7.29. The molecule has 7 aromatic carbocycles. The van der Waals surface area contributed by atoms with Crippen LogP contribution in [0.4, 0.5) is 5.69 Å². The number of aromatic nitrogens is 3. The highest BCUT2D eigenvalue weighted by Crippen LogP contribution is 2.50. The van der Waals surface area contributed by atoms with Crippen molar-refractivity contribution < 1.29 is 4.74 Å². The lowest BCUT2D eigenvalue weighted by atomic mass is 9.74. The van der Waals surface area contributed by atoms with Gasteiger partial charge in [-0.3, -0.25) is 0 Å². The minimum Gasteiger partial charge on any atom is -0.457 e. The third kappa shape index (κ3) is 5.47. The molecule has 5 heteroatoms. The highest BCUT2D eigenvalue weighted by Gasteiger charge is 2.35. The third-order valence-corrected chi connectivity index (χ3v) is 10.9. The van der Waals surface area contributed by atoms with E-state index in [1.54, 1.807) is 0 Å². The molecule has 2 aromatic heterocycles. The van der Waals surface area contributed by atoms with Gasteiger partial charge in [-0.1, -0.05) is 111 Å². The molecule has 0 aliphatic carbocycles.